The van der Waals surface area contributed by atoms with Crippen molar-refractivity contribution in [3.8, 4) is 0 Å². The lowest BCUT2D eigenvalue weighted by atomic mass is 10.1. The van der Waals surface area contributed by atoms with Gasteiger partial charge >= 0.3 is 6.18 Å². The molecule has 166 valence electrons. The Balaban J connectivity index is 1.57. The van der Waals surface area contributed by atoms with Gasteiger partial charge in [-0.1, -0.05) is 23.8 Å². The lowest BCUT2D eigenvalue weighted by Crippen LogP contribution is -2.22. The molecule has 2 N–H and O–H groups in total. The first-order chi connectivity index (χ1) is 15.1. The fourth-order valence-corrected chi connectivity index (χ4v) is 3.67. The minimum absolute atomic E-state index is 0.0893. The summed E-state index contributed by atoms with van der Waals surface area (Å²) in [5.74, 6) is -0.634. The molecule has 2 amide bonds. The van der Waals surface area contributed by atoms with E-state index in [9.17, 15) is 22.8 Å². The van der Waals surface area contributed by atoms with Gasteiger partial charge < -0.3 is 10.6 Å². The van der Waals surface area contributed by atoms with Crippen molar-refractivity contribution < 1.29 is 22.8 Å². The Morgan fingerprint density at radius 3 is 2.16 bits per heavy atom. The molecule has 32 heavy (non-hydrogen) atoms. The molecule has 0 radical (unpaired) electrons. The van der Waals surface area contributed by atoms with Crippen molar-refractivity contribution in [1.29, 1.82) is 0 Å². The summed E-state index contributed by atoms with van der Waals surface area (Å²) in [6.45, 7) is 3.61. The van der Waals surface area contributed by atoms with E-state index in [4.69, 9.17) is 0 Å². The van der Waals surface area contributed by atoms with E-state index >= 15 is 0 Å². The normalized spacial score (nSPS) is 12.2. The maximum atomic E-state index is 12.8. The van der Waals surface area contributed by atoms with Gasteiger partial charge in [0.25, 0.3) is 5.91 Å². The van der Waals surface area contributed by atoms with Gasteiger partial charge in [-0.3, -0.25) is 9.59 Å². The Morgan fingerprint density at radius 2 is 1.53 bits per heavy atom. The van der Waals surface area contributed by atoms with Crippen LogP contribution in [-0.4, -0.2) is 17.1 Å². The molecule has 0 saturated carbocycles. The maximum absolute atomic E-state index is 12.8. The average molecular weight is 459 g/mol. The Labute approximate surface area is 188 Å². The zero-order valence-corrected chi connectivity index (χ0v) is 18.2. The molecular formula is C24H21F3N2O2S. The molecule has 0 aliphatic heterocycles. The van der Waals surface area contributed by atoms with Gasteiger partial charge in [-0.05, 0) is 68.4 Å². The highest BCUT2D eigenvalue weighted by molar-refractivity contribution is 8.00. The maximum Gasteiger partial charge on any atom is 0.416 e. The largest absolute Gasteiger partial charge is 0.416 e. The molecule has 0 spiro atoms. The number of nitrogens with one attached hydrogen (secondary N) is 2. The van der Waals surface area contributed by atoms with Crippen molar-refractivity contribution in [1.82, 2.24) is 0 Å². The van der Waals surface area contributed by atoms with E-state index in [1.165, 1.54) is 23.9 Å². The lowest BCUT2D eigenvalue weighted by molar-refractivity contribution is -0.137. The molecule has 0 saturated heterocycles. The van der Waals surface area contributed by atoms with Crippen LogP contribution >= 0.6 is 11.8 Å². The molecular weight excluding hydrogens is 437 g/mol. The predicted octanol–water partition coefficient (Wildman–Crippen LogP) is 6.39. The van der Waals surface area contributed by atoms with Crippen molar-refractivity contribution in [2.24, 2.45) is 0 Å². The number of amides is 2. The number of anilines is 2. The summed E-state index contributed by atoms with van der Waals surface area (Å²) in [7, 11) is 0. The van der Waals surface area contributed by atoms with Crippen LogP contribution in [0.2, 0.25) is 0 Å². The number of alkyl halides is 3. The molecule has 0 aromatic heterocycles. The zero-order valence-electron chi connectivity index (χ0n) is 17.4. The molecule has 0 heterocycles. The van der Waals surface area contributed by atoms with Gasteiger partial charge in [-0.2, -0.15) is 13.2 Å². The molecule has 0 aliphatic rings. The zero-order chi connectivity index (χ0) is 23.3. The first-order valence-electron chi connectivity index (χ1n) is 9.75. The third kappa shape index (κ3) is 6.37. The molecule has 3 rings (SSSR count). The second kappa shape index (κ2) is 9.91. The van der Waals surface area contributed by atoms with Crippen LogP contribution in [0.15, 0.2) is 77.7 Å². The monoisotopic (exact) mass is 458 g/mol. The van der Waals surface area contributed by atoms with E-state index in [0.717, 1.165) is 22.6 Å². The summed E-state index contributed by atoms with van der Waals surface area (Å²) in [6, 6.07) is 18.7. The van der Waals surface area contributed by atoms with Crippen LogP contribution < -0.4 is 10.6 Å². The highest BCUT2D eigenvalue weighted by Crippen LogP contribution is 2.31. The number of rotatable bonds is 6. The van der Waals surface area contributed by atoms with E-state index in [-0.39, 0.29) is 11.6 Å². The molecule has 1 unspecified atom stereocenters. The minimum Gasteiger partial charge on any atom is -0.325 e. The number of carbonyl (C=O) groups is 2. The fraction of sp³-hybridized carbons (Fsp3) is 0.167. The average Bonchev–Trinajstić information content (AvgIpc) is 2.75. The summed E-state index contributed by atoms with van der Waals surface area (Å²) in [5, 5.41) is 4.78. The first kappa shape index (κ1) is 23.4. The summed E-state index contributed by atoms with van der Waals surface area (Å²) in [5.41, 5.74) is 1.49. The fourth-order valence-electron chi connectivity index (χ4n) is 2.80. The Bertz CT molecular complexity index is 1100. The SMILES string of the molecule is Cc1ccc(C(=O)Nc2ccc(SC(C)C(=O)Nc3cccc(C(F)(F)F)c3)cc2)cc1. The number of hydrogen-bond acceptors (Lipinski definition) is 3. The van der Waals surface area contributed by atoms with E-state index in [2.05, 4.69) is 10.6 Å². The number of hydrogen-bond donors (Lipinski definition) is 2. The Hall–Kier alpha value is -3.26. The van der Waals surface area contributed by atoms with Crippen molar-refractivity contribution >= 4 is 35.0 Å². The van der Waals surface area contributed by atoms with Crippen LogP contribution in [-0.2, 0) is 11.0 Å². The Morgan fingerprint density at radius 1 is 0.875 bits per heavy atom. The smallest absolute Gasteiger partial charge is 0.325 e. The van der Waals surface area contributed by atoms with Crippen molar-refractivity contribution in [3.05, 3.63) is 89.5 Å². The summed E-state index contributed by atoms with van der Waals surface area (Å²) < 4.78 is 38.5. The molecule has 0 fully saturated rings. The van der Waals surface area contributed by atoms with Gasteiger partial charge in [0.15, 0.2) is 0 Å². The van der Waals surface area contributed by atoms with Crippen molar-refractivity contribution in [3.63, 3.8) is 0 Å². The van der Waals surface area contributed by atoms with Crippen LogP contribution in [0.1, 0.15) is 28.4 Å². The number of benzene rings is 3. The van der Waals surface area contributed by atoms with E-state index in [1.54, 1.807) is 43.3 Å². The first-order valence-corrected chi connectivity index (χ1v) is 10.6. The molecule has 0 aliphatic carbocycles. The van der Waals surface area contributed by atoms with Gasteiger partial charge in [0, 0.05) is 21.8 Å². The Kier molecular flexibility index (Phi) is 7.25. The molecule has 8 heteroatoms. The van der Waals surface area contributed by atoms with Crippen LogP contribution in [0.4, 0.5) is 24.5 Å². The van der Waals surface area contributed by atoms with Gasteiger partial charge in [0.2, 0.25) is 5.91 Å². The van der Waals surface area contributed by atoms with Crippen molar-refractivity contribution in [2.45, 2.75) is 30.2 Å². The highest BCUT2D eigenvalue weighted by atomic mass is 32.2. The third-order valence-corrected chi connectivity index (χ3v) is 5.68. The number of thioether (sulfide) groups is 1. The predicted molar refractivity (Wildman–Crippen MR) is 121 cm³/mol. The van der Waals surface area contributed by atoms with Gasteiger partial charge in [-0.25, -0.2) is 0 Å². The van der Waals surface area contributed by atoms with Gasteiger partial charge in [0.05, 0.1) is 10.8 Å². The van der Waals surface area contributed by atoms with E-state index in [1.807, 2.05) is 19.1 Å². The molecule has 3 aromatic rings. The van der Waals surface area contributed by atoms with Crippen LogP contribution in [0.3, 0.4) is 0 Å². The third-order valence-electron chi connectivity index (χ3n) is 4.57. The minimum atomic E-state index is -4.47. The number of carbonyl (C=O) groups excluding carboxylic acids is 2. The molecule has 1 atom stereocenters. The van der Waals surface area contributed by atoms with Gasteiger partial charge in [-0.15, -0.1) is 11.8 Å². The summed E-state index contributed by atoms with van der Waals surface area (Å²) >= 11 is 1.26. The molecule has 4 nitrogen and oxygen atoms in total. The van der Waals surface area contributed by atoms with Crippen LogP contribution in [0.25, 0.3) is 0 Å². The topological polar surface area (TPSA) is 58.2 Å². The van der Waals surface area contributed by atoms with E-state index in [0.29, 0.717) is 11.3 Å². The number of aryl methyl sites for hydroxylation is 1. The highest BCUT2D eigenvalue weighted by Gasteiger charge is 2.30. The summed E-state index contributed by atoms with van der Waals surface area (Å²) in [6.07, 6.45) is -4.47. The van der Waals surface area contributed by atoms with E-state index < -0.39 is 22.9 Å². The standard InChI is InChI=1S/C24H21F3N2O2S/c1-15-6-8-17(9-7-15)23(31)28-19-10-12-21(13-11-19)32-16(2)22(30)29-20-5-3-4-18(14-20)24(25,26)27/h3-14,16H,1-2H3,(H,28,31)(H,29,30). The summed E-state index contributed by atoms with van der Waals surface area (Å²) in [4.78, 5) is 25.5. The van der Waals surface area contributed by atoms with Crippen molar-refractivity contribution in [2.75, 3.05) is 10.6 Å². The molecule has 0 bridgehead atoms. The number of halogens is 3. The quantitative estimate of drug-likeness (QED) is 0.421. The second-order valence-corrected chi connectivity index (χ2v) is 8.59. The second-order valence-electron chi connectivity index (χ2n) is 7.17. The van der Waals surface area contributed by atoms with Crippen LogP contribution in [0, 0.1) is 6.92 Å². The molecule has 3 aromatic carbocycles. The lowest BCUT2D eigenvalue weighted by Gasteiger charge is -2.14. The van der Waals surface area contributed by atoms with Crippen LogP contribution in [0.5, 0.6) is 0 Å². The van der Waals surface area contributed by atoms with Gasteiger partial charge in [0.1, 0.15) is 0 Å².